The number of hydrogen-bond acceptors (Lipinski definition) is 6. The molecule has 0 aromatic carbocycles. The maximum atomic E-state index is 12.6. The minimum Gasteiger partial charge on any atom is -0.394 e. The third-order valence-electron chi connectivity index (χ3n) is 5.05. The Morgan fingerprint density at radius 2 is 2.10 bits per heavy atom. The van der Waals surface area contributed by atoms with Crippen molar-refractivity contribution in [3.05, 3.63) is 46.3 Å². The number of morpholine rings is 1. The van der Waals surface area contributed by atoms with E-state index in [0.29, 0.717) is 18.8 Å². The van der Waals surface area contributed by atoms with Crippen LogP contribution < -0.4 is 15.5 Å². The van der Waals surface area contributed by atoms with Crippen molar-refractivity contribution in [2.45, 2.75) is 33.7 Å². The van der Waals surface area contributed by atoms with Crippen LogP contribution in [0.3, 0.4) is 0 Å². The number of nitrogens with one attached hydrogen (secondary N) is 2. The highest BCUT2D eigenvalue weighted by molar-refractivity contribution is 6.15. The van der Waals surface area contributed by atoms with E-state index in [1.165, 1.54) is 0 Å². The minimum atomic E-state index is -0.131. The standard InChI is InChI=1S/C22H33N5O2/c1-14(2)17(8-9-23-5)21(24-6)20-16(4)18(22(28)25-7)12-19(26-20)27-10-11-29-13-15(27)3/h8-9,12,15,23H,10-11,13H2,1-7H3,(H,25,28)/b9-8-,24-21-. The Bertz CT molecular complexity index is 838. The molecule has 0 saturated carbocycles. The van der Waals surface area contributed by atoms with Crippen molar-refractivity contribution < 1.29 is 9.53 Å². The highest BCUT2D eigenvalue weighted by Crippen LogP contribution is 2.26. The van der Waals surface area contributed by atoms with Gasteiger partial charge in [-0.2, -0.15) is 0 Å². The summed E-state index contributed by atoms with van der Waals surface area (Å²) in [6.45, 7) is 10.1. The molecule has 0 aliphatic carbocycles. The fourth-order valence-corrected chi connectivity index (χ4v) is 3.41. The van der Waals surface area contributed by atoms with Gasteiger partial charge in [-0.05, 0) is 51.6 Å². The lowest BCUT2D eigenvalue weighted by atomic mass is 9.96. The van der Waals surface area contributed by atoms with Crippen LogP contribution in [0.1, 0.15) is 42.4 Å². The SMILES string of the molecule is C/N=C(/C(/C=C\NC)=C(C)C)c1nc(N2CCOCC2C)cc(C(=O)NC)c1C. The molecule has 2 rings (SSSR count). The van der Waals surface area contributed by atoms with Gasteiger partial charge in [0.15, 0.2) is 0 Å². The molecule has 2 heterocycles. The highest BCUT2D eigenvalue weighted by Gasteiger charge is 2.25. The van der Waals surface area contributed by atoms with Gasteiger partial charge in [-0.25, -0.2) is 4.98 Å². The van der Waals surface area contributed by atoms with Crippen LogP contribution in [-0.2, 0) is 4.74 Å². The van der Waals surface area contributed by atoms with Crippen molar-refractivity contribution in [1.82, 2.24) is 15.6 Å². The largest absolute Gasteiger partial charge is 0.394 e. The molecule has 1 aromatic rings. The highest BCUT2D eigenvalue weighted by atomic mass is 16.5. The number of carbonyl (C=O) groups is 1. The van der Waals surface area contributed by atoms with Crippen molar-refractivity contribution in [1.29, 1.82) is 0 Å². The summed E-state index contributed by atoms with van der Waals surface area (Å²) in [5.74, 6) is 0.639. The number of allylic oxidation sites excluding steroid dienone is 3. The predicted octanol–water partition coefficient (Wildman–Crippen LogP) is 2.46. The number of aliphatic imine (C=N–C) groups is 1. The molecule has 7 heteroatoms. The summed E-state index contributed by atoms with van der Waals surface area (Å²) >= 11 is 0. The maximum Gasteiger partial charge on any atom is 0.251 e. The first-order valence-electron chi connectivity index (χ1n) is 9.92. The van der Waals surface area contributed by atoms with Crippen molar-refractivity contribution in [2.24, 2.45) is 4.99 Å². The Labute approximate surface area is 173 Å². The molecule has 1 amide bonds. The molecule has 0 radical (unpaired) electrons. The number of aromatic nitrogens is 1. The van der Waals surface area contributed by atoms with Gasteiger partial charge in [0, 0.05) is 38.8 Å². The Balaban J connectivity index is 2.71. The van der Waals surface area contributed by atoms with Crippen LogP contribution in [0.5, 0.6) is 0 Å². The monoisotopic (exact) mass is 399 g/mol. The van der Waals surface area contributed by atoms with Gasteiger partial charge < -0.3 is 20.3 Å². The van der Waals surface area contributed by atoms with Gasteiger partial charge in [0.2, 0.25) is 0 Å². The molecule has 0 bridgehead atoms. The number of nitrogens with zero attached hydrogens (tertiary/aromatic N) is 3. The molecule has 1 fully saturated rings. The molecular formula is C22H33N5O2. The fraction of sp³-hybridized carbons (Fsp3) is 0.500. The number of rotatable bonds is 6. The number of ether oxygens (including phenoxy) is 1. The van der Waals surface area contributed by atoms with Crippen molar-refractivity contribution in [2.75, 3.05) is 45.8 Å². The Kier molecular flexibility index (Phi) is 7.96. The third-order valence-corrected chi connectivity index (χ3v) is 5.05. The van der Waals surface area contributed by atoms with Crippen molar-refractivity contribution >= 4 is 17.4 Å². The van der Waals surface area contributed by atoms with Crippen LogP contribution in [0, 0.1) is 6.92 Å². The van der Waals surface area contributed by atoms with E-state index in [9.17, 15) is 4.79 Å². The molecule has 1 aliphatic heterocycles. The molecule has 1 saturated heterocycles. The fourth-order valence-electron chi connectivity index (χ4n) is 3.41. The second-order valence-electron chi connectivity index (χ2n) is 7.31. The van der Waals surface area contributed by atoms with Gasteiger partial charge in [0.1, 0.15) is 5.82 Å². The first-order chi connectivity index (χ1) is 13.8. The predicted molar refractivity (Wildman–Crippen MR) is 119 cm³/mol. The van der Waals surface area contributed by atoms with Crippen LogP contribution in [-0.4, -0.2) is 63.5 Å². The quantitative estimate of drug-likeness (QED) is 0.567. The van der Waals surface area contributed by atoms with E-state index in [2.05, 4.69) is 27.4 Å². The molecule has 158 valence electrons. The van der Waals surface area contributed by atoms with E-state index in [4.69, 9.17) is 9.72 Å². The summed E-state index contributed by atoms with van der Waals surface area (Å²) in [5.41, 5.74) is 5.00. The van der Waals surface area contributed by atoms with Crippen LogP contribution in [0.2, 0.25) is 0 Å². The average Bonchev–Trinajstić information content (AvgIpc) is 2.71. The maximum absolute atomic E-state index is 12.6. The van der Waals surface area contributed by atoms with E-state index in [-0.39, 0.29) is 11.9 Å². The summed E-state index contributed by atoms with van der Waals surface area (Å²) < 4.78 is 5.57. The summed E-state index contributed by atoms with van der Waals surface area (Å²) in [7, 11) is 5.26. The van der Waals surface area contributed by atoms with Gasteiger partial charge in [0.05, 0.1) is 30.7 Å². The number of anilines is 1. The summed E-state index contributed by atoms with van der Waals surface area (Å²) in [5, 5.41) is 5.78. The summed E-state index contributed by atoms with van der Waals surface area (Å²) in [4.78, 5) is 24.4. The van der Waals surface area contributed by atoms with Gasteiger partial charge in [0.25, 0.3) is 5.91 Å². The third kappa shape index (κ3) is 5.03. The van der Waals surface area contributed by atoms with Gasteiger partial charge in [-0.15, -0.1) is 0 Å². The number of pyridine rings is 1. The smallest absolute Gasteiger partial charge is 0.251 e. The molecule has 7 nitrogen and oxygen atoms in total. The lowest BCUT2D eigenvalue weighted by molar-refractivity contribution is 0.0961. The molecular weight excluding hydrogens is 366 g/mol. The van der Waals surface area contributed by atoms with Gasteiger partial charge >= 0.3 is 0 Å². The zero-order valence-corrected chi connectivity index (χ0v) is 18.6. The van der Waals surface area contributed by atoms with Crippen molar-refractivity contribution in [3.8, 4) is 0 Å². The van der Waals surface area contributed by atoms with Crippen molar-refractivity contribution in [3.63, 3.8) is 0 Å². The van der Waals surface area contributed by atoms with Gasteiger partial charge in [-0.1, -0.05) is 5.57 Å². The second kappa shape index (κ2) is 10.2. The molecule has 1 unspecified atom stereocenters. The van der Waals surface area contributed by atoms with E-state index in [1.54, 1.807) is 14.1 Å². The molecule has 1 atom stereocenters. The Morgan fingerprint density at radius 1 is 1.38 bits per heavy atom. The first-order valence-corrected chi connectivity index (χ1v) is 9.92. The molecule has 0 spiro atoms. The second-order valence-corrected chi connectivity index (χ2v) is 7.31. The number of carbonyl (C=O) groups excluding carboxylic acids is 1. The van der Waals surface area contributed by atoms with E-state index in [1.807, 2.05) is 46.2 Å². The first kappa shape index (κ1) is 22.6. The lowest BCUT2D eigenvalue weighted by Gasteiger charge is -2.35. The molecule has 2 N–H and O–H groups in total. The lowest BCUT2D eigenvalue weighted by Crippen LogP contribution is -2.44. The minimum absolute atomic E-state index is 0.131. The summed E-state index contributed by atoms with van der Waals surface area (Å²) in [6.07, 6.45) is 3.86. The molecule has 1 aromatic heterocycles. The zero-order chi connectivity index (χ0) is 21.6. The Hall–Kier alpha value is -2.67. The molecule has 29 heavy (non-hydrogen) atoms. The average molecular weight is 400 g/mol. The molecule has 1 aliphatic rings. The van der Waals surface area contributed by atoms with Crippen LogP contribution in [0.4, 0.5) is 5.82 Å². The van der Waals surface area contributed by atoms with E-state index in [0.717, 1.165) is 40.5 Å². The van der Waals surface area contributed by atoms with Crippen LogP contribution in [0.15, 0.2) is 34.5 Å². The van der Waals surface area contributed by atoms with E-state index < -0.39 is 0 Å². The van der Waals surface area contributed by atoms with Gasteiger partial charge in [-0.3, -0.25) is 9.79 Å². The van der Waals surface area contributed by atoms with Crippen LogP contribution in [0.25, 0.3) is 0 Å². The van der Waals surface area contributed by atoms with Crippen LogP contribution >= 0.6 is 0 Å². The van der Waals surface area contributed by atoms with E-state index >= 15 is 0 Å². The Morgan fingerprint density at radius 3 is 2.66 bits per heavy atom. The normalized spacial score (nSPS) is 17.4. The number of amides is 1. The zero-order valence-electron chi connectivity index (χ0n) is 18.6. The summed E-state index contributed by atoms with van der Waals surface area (Å²) in [6, 6.07) is 2.05. The number of hydrogen-bond donors (Lipinski definition) is 2. The topological polar surface area (TPSA) is 78.8 Å².